The first kappa shape index (κ1) is 14.4. The summed E-state index contributed by atoms with van der Waals surface area (Å²) >= 11 is 5.92. The van der Waals surface area contributed by atoms with Gasteiger partial charge in [-0.1, -0.05) is 54.1 Å². The van der Waals surface area contributed by atoms with Gasteiger partial charge in [-0.15, -0.1) is 0 Å². The van der Waals surface area contributed by atoms with Crippen LogP contribution in [0.1, 0.15) is 24.1 Å². The fourth-order valence-electron chi connectivity index (χ4n) is 1.80. The van der Waals surface area contributed by atoms with Crippen molar-refractivity contribution in [3.63, 3.8) is 0 Å². The average molecular weight is 290 g/mol. The first-order valence-electron chi connectivity index (χ1n) is 6.38. The van der Waals surface area contributed by atoms with Crippen molar-refractivity contribution >= 4 is 17.7 Å². The van der Waals surface area contributed by atoms with Crippen LogP contribution in [0.3, 0.4) is 0 Å². The number of amides is 1. The predicted octanol–water partition coefficient (Wildman–Crippen LogP) is 4.33. The van der Waals surface area contributed by atoms with Gasteiger partial charge < -0.3 is 10.1 Å². The Bertz CT molecular complexity index is 572. The molecule has 0 aliphatic rings. The van der Waals surface area contributed by atoms with E-state index in [0.717, 1.165) is 11.1 Å². The molecule has 0 aliphatic heterocycles. The molecule has 0 saturated heterocycles. The van der Waals surface area contributed by atoms with Crippen molar-refractivity contribution in [1.29, 1.82) is 0 Å². The Balaban J connectivity index is 1.85. The van der Waals surface area contributed by atoms with Crippen molar-refractivity contribution in [2.75, 3.05) is 0 Å². The summed E-state index contributed by atoms with van der Waals surface area (Å²) in [5, 5.41) is 3.42. The van der Waals surface area contributed by atoms with Crippen molar-refractivity contribution in [1.82, 2.24) is 5.32 Å². The lowest BCUT2D eigenvalue weighted by Crippen LogP contribution is -2.27. The van der Waals surface area contributed by atoms with Gasteiger partial charge in [-0.2, -0.15) is 0 Å². The van der Waals surface area contributed by atoms with Crippen LogP contribution in [0.2, 0.25) is 5.02 Å². The van der Waals surface area contributed by atoms with Crippen LogP contribution in [0.5, 0.6) is 0 Å². The number of carbonyl (C=O) groups excluding carboxylic acids is 1. The number of hydrogen-bond donors (Lipinski definition) is 1. The van der Waals surface area contributed by atoms with E-state index in [0.29, 0.717) is 5.02 Å². The fourth-order valence-corrected chi connectivity index (χ4v) is 2.00. The third kappa shape index (κ3) is 4.28. The average Bonchev–Trinajstić information content (AvgIpc) is 2.46. The summed E-state index contributed by atoms with van der Waals surface area (Å²) in [6.07, 6.45) is -0.443. The summed E-state index contributed by atoms with van der Waals surface area (Å²) in [6, 6.07) is 16.8. The smallest absolute Gasteiger partial charge is 0.407 e. The lowest BCUT2D eigenvalue weighted by Gasteiger charge is -2.14. The maximum atomic E-state index is 11.7. The third-order valence-corrected chi connectivity index (χ3v) is 3.13. The number of alkyl carbamates (subject to hydrolysis) is 1. The van der Waals surface area contributed by atoms with Crippen molar-refractivity contribution in [2.24, 2.45) is 0 Å². The molecule has 4 heteroatoms. The van der Waals surface area contributed by atoms with E-state index >= 15 is 0 Å². The van der Waals surface area contributed by atoms with Crippen molar-refractivity contribution in [3.05, 3.63) is 70.7 Å². The molecule has 2 rings (SSSR count). The van der Waals surface area contributed by atoms with Crippen LogP contribution in [0.4, 0.5) is 4.79 Å². The largest absolute Gasteiger partial charge is 0.445 e. The molecule has 2 aromatic rings. The molecule has 0 radical (unpaired) electrons. The molecule has 1 atom stereocenters. The standard InChI is InChI=1S/C16H16ClNO2/c1-12(14-8-5-9-15(17)10-14)18-16(19)20-11-13-6-3-2-4-7-13/h2-10,12H,11H2,1H3,(H,18,19)/t12-/m1/s1. The Hall–Kier alpha value is -2.00. The molecule has 0 aliphatic carbocycles. The van der Waals surface area contributed by atoms with Crippen LogP contribution >= 0.6 is 11.6 Å². The Labute approximate surface area is 123 Å². The summed E-state index contributed by atoms with van der Waals surface area (Å²) in [5.74, 6) is 0. The quantitative estimate of drug-likeness (QED) is 0.910. The minimum Gasteiger partial charge on any atom is -0.445 e. The van der Waals surface area contributed by atoms with Gasteiger partial charge in [0.1, 0.15) is 6.61 Å². The minimum atomic E-state index is -0.443. The number of halogens is 1. The number of carbonyl (C=O) groups is 1. The summed E-state index contributed by atoms with van der Waals surface area (Å²) in [4.78, 5) is 11.7. The van der Waals surface area contributed by atoms with Gasteiger partial charge in [0, 0.05) is 5.02 Å². The number of nitrogens with one attached hydrogen (secondary N) is 1. The zero-order valence-corrected chi connectivity index (χ0v) is 11.9. The predicted molar refractivity (Wildman–Crippen MR) is 79.6 cm³/mol. The molecule has 3 nitrogen and oxygen atoms in total. The maximum absolute atomic E-state index is 11.7. The van der Waals surface area contributed by atoms with Crippen molar-refractivity contribution in [2.45, 2.75) is 19.6 Å². The molecule has 1 N–H and O–H groups in total. The SMILES string of the molecule is C[C@@H](NC(=O)OCc1ccccc1)c1cccc(Cl)c1. The number of rotatable bonds is 4. The second-order valence-corrected chi connectivity index (χ2v) is 4.92. The van der Waals surface area contributed by atoms with E-state index in [-0.39, 0.29) is 12.6 Å². The van der Waals surface area contributed by atoms with E-state index in [4.69, 9.17) is 16.3 Å². The molecule has 104 valence electrons. The molecule has 20 heavy (non-hydrogen) atoms. The van der Waals surface area contributed by atoms with E-state index in [9.17, 15) is 4.79 Å². The molecule has 1 amide bonds. The highest BCUT2D eigenvalue weighted by atomic mass is 35.5. The molecular formula is C16H16ClNO2. The van der Waals surface area contributed by atoms with Crippen LogP contribution in [0.25, 0.3) is 0 Å². The number of benzene rings is 2. The van der Waals surface area contributed by atoms with Crippen molar-refractivity contribution in [3.8, 4) is 0 Å². The molecule has 0 heterocycles. The van der Waals surface area contributed by atoms with Crippen LogP contribution in [0, 0.1) is 0 Å². The molecule has 0 bridgehead atoms. The Morgan fingerprint density at radius 3 is 2.65 bits per heavy atom. The molecular weight excluding hydrogens is 274 g/mol. The molecule has 0 fully saturated rings. The zero-order chi connectivity index (χ0) is 14.4. The monoisotopic (exact) mass is 289 g/mol. The maximum Gasteiger partial charge on any atom is 0.407 e. The highest BCUT2D eigenvalue weighted by Gasteiger charge is 2.10. The van der Waals surface area contributed by atoms with Gasteiger partial charge in [0.15, 0.2) is 0 Å². The van der Waals surface area contributed by atoms with Gasteiger partial charge in [-0.05, 0) is 30.2 Å². The molecule has 0 aromatic heterocycles. The van der Waals surface area contributed by atoms with E-state index in [1.165, 1.54) is 0 Å². The Morgan fingerprint density at radius 1 is 1.20 bits per heavy atom. The van der Waals surface area contributed by atoms with Gasteiger partial charge in [0.05, 0.1) is 6.04 Å². The summed E-state index contributed by atoms with van der Waals surface area (Å²) in [6.45, 7) is 2.14. The Kier molecular flexibility index (Phi) is 5.02. The number of hydrogen-bond acceptors (Lipinski definition) is 2. The minimum absolute atomic E-state index is 0.156. The van der Waals surface area contributed by atoms with Gasteiger partial charge in [0.25, 0.3) is 0 Å². The summed E-state index contributed by atoms with van der Waals surface area (Å²) in [7, 11) is 0. The van der Waals surface area contributed by atoms with Crippen molar-refractivity contribution < 1.29 is 9.53 Å². The number of ether oxygens (including phenoxy) is 1. The van der Waals surface area contributed by atoms with E-state index in [1.807, 2.05) is 55.5 Å². The normalized spacial score (nSPS) is 11.7. The topological polar surface area (TPSA) is 38.3 Å². The molecule has 0 unspecified atom stereocenters. The van der Waals surface area contributed by atoms with Gasteiger partial charge in [0.2, 0.25) is 0 Å². The van der Waals surface area contributed by atoms with Gasteiger partial charge >= 0.3 is 6.09 Å². The van der Waals surface area contributed by atoms with Crippen LogP contribution in [-0.2, 0) is 11.3 Å². The Morgan fingerprint density at radius 2 is 1.95 bits per heavy atom. The second-order valence-electron chi connectivity index (χ2n) is 4.48. The first-order valence-corrected chi connectivity index (χ1v) is 6.75. The lowest BCUT2D eigenvalue weighted by atomic mass is 10.1. The fraction of sp³-hybridized carbons (Fsp3) is 0.188. The zero-order valence-electron chi connectivity index (χ0n) is 11.2. The highest BCUT2D eigenvalue weighted by Crippen LogP contribution is 2.17. The second kappa shape index (κ2) is 6.96. The van der Waals surface area contributed by atoms with Gasteiger partial charge in [-0.3, -0.25) is 0 Å². The summed E-state index contributed by atoms with van der Waals surface area (Å²) < 4.78 is 5.17. The van der Waals surface area contributed by atoms with E-state index in [1.54, 1.807) is 6.07 Å². The molecule has 0 spiro atoms. The molecule has 0 saturated carbocycles. The summed E-state index contributed by atoms with van der Waals surface area (Å²) in [5.41, 5.74) is 1.90. The van der Waals surface area contributed by atoms with Crippen LogP contribution in [-0.4, -0.2) is 6.09 Å². The van der Waals surface area contributed by atoms with E-state index in [2.05, 4.69) is 5.32 Å². The molecule has 2 aromatic carbocycles. The van der Waals surface area contributed by atoms with E-state index < -0.39 is 6.09 Å². The van der Waals surface area contributed by atoms with Crippen LogP contribution < -0.4 is 5.32 Å². The first-order chi connectivity index (χ1) is 9.65. The highest BCUT2D eigenvalue weighted by molar-refractivity contribution is 6.30. The van der Waals surface area contributed by atoms with Gasteiger partial charge in [-0.25, -0.2) is 4.79 Å². The third-order valence-electron chi connectivity index (χ3n) is 2.90. The lowest BCUT2D eigenvalue weighted by molar-refractivity contribution is 0.136. The van der Waals surface area contributed by atoms with Crippen LogP contribution in [0.15, 0.2) is 54.6 Å².